The fourth-order valence-corrected chi connectivity index (χ4v) is 3.23. The monoisotopic (exact) mass is 427 g/mol. The number of carbonyl (C=O) groups excluding carboxylic acids is 2. The van der Waals surface area contributed by atoms with Crippen molar-refractivity contribution in [3.05, 3.63) is 58.8 Å². The molecule has 0 atom stereocenters. The highest BCUT2D eigenvalue weighted by molar-refractivity contribution is 6.05. The molecule has 1 amide bonds. The van der Waals surface area contributed by atoms with Crippen molar-refractivity contribution < 1.29 is 27.8 Å². The van der Waals surface area contributed by atoms with Crippen LogP contribution in [0.15, 0.2) is 30.3 Å². The van der Waals surface area contributed by atoms with Gasteiger partial charge in [0.25, 0.3) is 0 Å². The first-order valence-corrected chi connectivity index (χ1v) is 9.59. The lowest BCUT2D eigenvalue weighted by molar-refractivity contribution is 0.0483. The molecule has 1 aliphatic carbocycles. The summed E-state index contributed by atoms with van der Waals surface area (Å²) in [5.74, 6) is -1.47. The third-order valence-corrected chi connectivity index (χ3v) is 4.99. The maximum absolute atomic E-state index is 14.0. The lowest BCUT2D eigenvalue weighted by Crippen LogP contribution is -2.20. The molecule has 4 rings (SSSR count). The van der Waals surface area contributed by atoms with Crippen LogP contribution in [0.3, 0.4) is 0 Å². The fraction of sp³-hybridized carbons (Fsp3) is 0.227. The third-order valence-electron chi connectivity index (χ3n) is 4.99. The van der Waals surface area contributed by atoms with Crippen LogP contribution < -0.4 is 10.5 Å². The molecule has 0 aliphatic heterocycles. The number of primary amides is 1. The summed E-state index contributed by atoms with van der Waals surface area (Å²) in [6.07, 6.45) is 4.87. The topological polar surface area (TPSA) is 96.4 Å². The van der Waals surface area contributed by atoms with Gasteiger partial charge in [0.2, 0.25) is 0 Å². The number of rotatable bonds is 6. The molecule has 1 aliphatic rings. The first-order valence-electron chi connectivity index (χ1n) is 9.59. The number of carbonyl (C=O) groups is 2. The molecule has 0 bridgehead atoms. The Balaban J connectivity index is 1.81. The number of halogens is 2. The van der Waals surface area contributed by atoms with Gasteiger partial charge in [0.1, 0.15) is 22.9 Å². The molecule has 1 saturated carbocycles. The van der Waals surface area contributed by atoms with Crippen molar-refractivity contribution >= 4 is 35.1 Å². The van der Waals surface area contributed by atoms with Gasteiger partial charge < -0.3 is 15.2 Å². The Bertz CT molecular complexity index is 1220. The van der Waals surface area contributed by atoms with E-state index in [-0.39, 0.29) is 22.6 Å². The molecule has 2 aromatic carbocycles. The largest absolute Gasteiger partial charge is 0.495 e. The fourth-order valence-electron chi connectivity index (χ4n) is 3.23. The van der Waals surface area contributed by atoms with Crippen LogP contribution >= 0.6 is 0 Å². The lowest BCUT2D eigenvalue weighted by Gasteiger charge is -2.10. The molecule has 31 heavy (non-hydrogen) atoms. The molecule has 0 unspecified atom stereocenters. The van der Waals surface area contributed by atoms with Crippen LogP contribution in [0, 0.1) is 17.6 Å². The lowest BCUT2D eigenvalue weighted by atomic mass is 10.1. The van der Waals surface area contributed by atoms with Gasteiger partial charge in [-0.25, -0.2) is 18.4 Å². The van der Waals surface area contributed by atoms with Crippen LogP contribution in [-0.4, -0.2) is 35.5 Å². The normalized spacial score (nSPS) is 13.6. The van der Waals surface area contributed by atoms with Crippen molar-refractivity contribution in [3.8, 4) is 5.75 Å². The zero-order valence-corrected chi connectivity index (χ0v) is 16.6. The summed E-state index contributed by atoms with van der Waals surface area (Å²) in [5.41, 5.74) is 6.23. The van der Waals surface area contributed by atoms with Gasteiger partial charge >= 0.3 is 12.0 Å². The van der Waals surface area contributed by atoms with Crippen molar-refractivity contribution in [2.75, 3.05) is 13.7 Å². The molecule has 0 radical (unpaired) electrons. The van der Waals surface area contributed by atoms with Crippen LogP contribution in [0.4, 0.5) is 13.6 Å². The molecule has 1 heterocycles. The van der Waals surface area contributed by atoms with Crippen molar-refractivity contribution in [2.45, 2.75) is 12.8 Å². The zero-order chi connectivity index (χ0) is 22.1. The number of benzene rings is 2. The number of nitrogens with two attached hydrogens (primary N) is 1. The summed E-state index contributed by atoms with van der Waals surface area (Å²) in [6, 6.07) is 5.30. The minimum absolute atomic E-state index is 0.113. The van der Waals surface area contributed by atoms with E-state index in [9.17, 15) is 18.4 Å². The van der Waals surface area contributed by atoms with E-state index in [1.165, 1.54) is 37.5 Å². The summed E-state index contributed by atoms with van der Waals surface area (Å²) in [7, 11) is 1.38. The second-order valence-corrected chi connectivity index (χ2v) is 7.22. The number of hydrogen-bond acceptors (Lipinski definition) is 5. The number of ether oxygens (including phenoxy) is 2. The van der Waals surface area contributed by atoms with E-state index >= 15 is 0 Å². The molecule has 2 N–H and O–H groups in total. The molecule has 0 saturated heterocycles. The zero-order valence-electron chi connectivity index (χ0n) is 16.6. The highest BCUT2D eigenvalue weighted by Gasteiger charge is 2.26. The minimum atomic E-state index is -0.844. The second-order valence-electron chi connectivity index (χ2n) is 7.22. The highest BCUT2D eigenvalue weighted by atomic mass is 19.1. The minimum Gasteiger partial charge on any atom is -0.495 e. The van der Waals surface area contributed by atoms with Gasteiger partial charge in [0.15, 0.2) is 0 Å². The molecule has 1 aromatic heterocycles. The van der Waals surface area contributed by atoms with Gasteiger partial charge in [-0.15, -0.1) is 0 Å². The van der Waals surface area contributed by atoms with Crippen molar-refractivity contribution in [1.29, 1.82) is 0 Å². The number of amides is 1. The summed E-state index contributed by atoms with van der Waals surface area (Å²) in [6.45, 7) is 0.331. The predicted molar refractivity (Wildman–Crippen MR) is 110 cm³/mol. The Morgan fingerprint density at radius 2 is 2.00 bits per heavy atom. The van der Waals surface area contributed by atoms with Crippen molar-refractivity contribution in [3.63, 3.8) is 0 Å². The molecular weight excluding hydrogens is 408 g/mol. The van der Waals surface area contributed by atoms with Gasteiger partial charge in [-0.2, -0.15) is 9.78 Å². The molecule has 0 spiro atoms. The molecular formula is C22H19F2N3O4. The molecule has 9 heteroatoms. The van der Waals surface area contributed by atoms with E-state index in [1.807, 2.05) is 0 Å². The van der Waals surface area contributed by atoms with Crippen LogP contribution in [0.5, 0.6) is 5.75 Å². The maximum Gasteiger partial charge on any atom is 0.341 e. The number of aromatic nitrogens is 2. The van der Waals surface area contributed by atoms with Gasteiger partial charge in [-0.3, -0.25) is 0 Å². The highest BCUT2D eigenvalue weighted by Crippen LogP contribution is 2.35. The van der Waals surface area contributed by atoms with E-state index in [0.29, 0.717) is 23.4 Å². The van der Waals surface area contributed by atoms with Gasteiger partial charge in [-0.1, -0.05) is 0 Å². The quantitative estimate of drug-likeness (QED) is 0.600. The van der Waals surface area contributed by atoms with E-state index < -0.39 is 23.6 Å². The summed E-state index contributed by atoms with van der Waals surface area (Å²) in [5, 5.41) is 4.51. The Labute approximate surface area is 176 Å². The smallest absolute Gasteiger partial charge is 0.341 e. The Morgan fingerprint density at radius 3 is 2.65 bits per heavy atom. The van der Waals surface area contributed by atoms with E-state index in [0.717, 1.165) is 29.7 Å². The molecule has 7 nitrogen and oxygen atoms in total. The van der Waals surface area contributed by atoms with E-state index in [1.54, 1.807) is 0 Å². The number of fused-ring (bicyclic) bond motifs is 1. The van der Waals surface area contributed by atoms with Crippen LogP contribution in [0.25, 0.3) is 23.1 Å². The Kier molecular flexibility index (Phi) is 5.41. The summed E-state index contributed by atoms with van der Waals surface area (Å²) >= 11 is 0. The second kappa shape index (κ2) is 8.17. The molecule has 3 aromatic rings. The predicted octanol–water partition coefficient (Wildman–Crippen LogP) is 3.99. The van der Waals surface area contributed by atoms with Gasteiger partial charge in [-0.05, 0) is 55.2 Å². The summed E-state index contributed by atoms with van der Waals surface area (Å²) < 4.78 is 38.9. The standard InChI is InChI=1S/C22H19F2N3O4/c1-30-20-15(21(28)31-11-12-2-3-12)7-9-18-19(20)17(26-27(18)22(25)29)8-5-13-4-6-14(23)10-16(13)24/h4-10,12H,2-3,11H2,1H3,(H2,25,29). The van der Waals surface area contributed by atoms with Crippen molar-refractivity contribution in [1.82, 2.24) is 9.78 Å². The van der Waals surface area contributed by atoms with Crippen LogP contribution in [0.1, 0.15) is 34.5 Å². The Morgan fingerprint density at radius 1 is 1.23 bits per heavy atom. The van der Waals surface area contributed by atoms with Gasteiger partial charge in [0.05, 0.1) is 30.3 Å². The number of hydrogen-bond donors (Lipinski definition) is 1. The number of methoxy groups -OCH3 is 1. The number of nitrogens with zero attached hydrogens (tertiary/aromatic N) is 2. The number of esters is 1. The maximum atomic E-state index is 14.0. The first kappa shape index (κ1) is 20.5. The molecule has 160 valence electrons. The average molecular weight is 427 g/mol. The SMILES string of the molecule is COc1c(C(=O)OCC2CC2)ccc2c1c(C=Cc1ccc(F)cc1F)nn2C(N)=O. The third kappa shape index (κ3) is 4.11. The molecule has 1 fully saturated rings. The van der Waals surface area contributed by atoms with E-state index in [4.69, 9.17) is 15.2 Å². The van der Waals surface area contributed by atoms with Crippen LogP contribution in [0.2, 0.25) is 0 Å². The first-order chi connectivity index (χ1) is 14.9. The van der Waals surface area contributed by atoms with E-state index in [2.05, 4.69) is 5.10 Å². The Hall–Kier alpha value is -3.75. The van der Waals surface area contributed by atoms with Gasteiger partial charge in [0, 0.05) is 11.6 Å². The van der Waals surface area contributed by atoms with Crippen molar-refractivity contribution in [2.24, 2.45) is 11.7 Å². The summed E-state index contributed by atoms with van der Waals surface area (Å²) in [4.78, 5) is 24.4. The van der Waals surface area contributed by atoms with Crippen LogP contribution in [-0.2, 0) is 4.74 Å². The average Bonchev–Trinajstić information content (AvgIpc) is 3.50.